The van der Waals surface area contributed by atoms with Crippen molar-refractivity contribution in [1.29, 1.82) is 0 Å². The highest BCUT2D eigenvalue weighted by atomic mass is 16.5. The summed E-state index contributed by atoms with van der Waals surface area (Å²) in [5.41, 5.74) is 0.610. The van der Waals surface area contributed by atoms with Crippen LogP contribution < -0.4 is 0 Å². The Morgan fingerprint density at radius 3 is 1.88 bits per heavy atom. The molecule has 0 aliphatic heterocycles. The van der Waals surface area contributed by atoms with E-state index in [0.717, 1.165) is 116 Å². The minimum atomic E-state index is -0.0772. The van der Waals surface area contributed by atoms with Crippen molar-refractivity contribution >= 4 is 11.9 Å². The Kier molecular flexibility index (Phi) is 29.5. The maximum atomic E-state index is 12.5. The number of ether oxygens (including phenoxy) is 2. The van der Waals surface area contributed by atoms with Gasteiger partial charge in [0.2, 0.25) is 0 Å². The monoisotopic (exact) mass is 679 g/mol. The van der Waals surface area contributed by atoms with E-state index in [4.69, 9.17) is 9.47 Å². The van der Waals surface area contributed by atoms with Crippen molar-refractivity contribution in [3.8, 4) is 0 Å². The smallest absolute Gasteiger partial charge is 0.306 e. The Hall–Kier alpha value is -2.00. The van der Waals surface area contributed by atoms with Crippen molar-refractivity contribution < 1.29 is 24.2 Å². The van der Waals surface area contributed by atoms with Gasteiger partial charge in [0, 0.05) is 19.4 Å². The third-order valence-corrected chi connectivity index (χ3v) is 9.14. The molecule has 1 aromatic rings. The Balaban J connectivity index is 2.26. The molecule has 0 saturated heterocycles. The molecule has 1 rings (SSSR count). The molecule has 9 heteroatoms. The molecule has 0 spiro atoms. The fourth-order valence-electron chi connectivity index (χ4n) is 6.11. The second-order valence-electron chi connectivity index (χ2n) is 13.7. The molecule has 1 unspecified atom stereocenters. The highest BCUT2D eigenvalue weighted by molar-refractivity contribution is 5.69. The lowest BCUT2D eigenvalue weighted by Crippen LogP contribution is -2.28. The molecule has 0 bridgehead atoms. The van der Waals surface area contributed by atoms with Gasteiger partial charge in [-0.1, -0.05) is 116 Å². The van der Waals surface area contributed by atoms with E-state index in [-0.39, 0.29) is 24.6 Å². The molecule has 0 fully saturated rings. The van der Waals surface area contributed by atoms with Gasteiger partial charge < -0.3 is 19.5 Å². The van der Waals surface area contributed by atoms with Gasteiger partial charge in [-0.2, -0.15) is 0 Å². The predicted octanol–water partition coefficient (Wildman–Crippen LogP) is 9.34. The molecule has 0 saturated carbocycles. The number of esters is 2. The van der Waals surface area contributed by atoms with E-state index in [9.17, 15) is 14.7 Å². The van der Waals surface area contributed by atoms with E-state index in [2.05, 4.69) is 36.0 Å². The van der Waals surface area contributed by atoms with Crippen molar-refractivity contribution in [2.75, 3.05) is 26.2 Å². The molecule has 0 aromatic carbocycles. The quantitative estimate of drug-likeness (QED) is 0.0559. The van der Waals surface area contributed by atoms with Crippen molar-refractivity contribution in [1.82, 2.24) is 19.9 Å². The predicted molar refractivity (Wildman–Crippen MR) is 196 cm³/mol. The first-order valence-corrected chi connectivity index (χ1v) is 20.1. The highest BCUT2D eigenvalue weighted by Crippen LogP contribution is 2.16. The van der Waals surface area contributed by atoms with Gasteiger partial charge in [0.1, 0.15) is 11.8 Å². The van der Waals surface area contributed by atoms with Gasteiger partial charge in [-0.25, -0.2) is 0 Å². The largest absolute Gasteiger partial charge is 0.466 e. The van der Waals surface area contributed by atoms with Crippen LogP contribution in [0.25, 0.3) is 0 Å². The Labute approximate surface area is 294 Å². The van der Waals surface area contributed by atoms with E-state index in [1.54, 1.807) is 0 Å². The van der Waals surface area contributed by atoms with Crippen molar-refractivity contribution in [3.05, 3.63) is 11.9 Å². The highest BCUT2D eigenvalue weighted by Gasteiger charge is 2.14. The summed E-state index contributed by atoms with van der Waals surface area (Å²) in [6, 6.07) is 0. The van der Waals surface area contributed by atoms with Gasteiger partial charge in [0.15, 0.2) is 0 Å². The van der Waals surface area contributed by atoms with E-state index < -0.39 is 0 Å². The average Bonchev–Trinajstić information content (AvgIpc) is 3.55. The molecule has 0 amide bonds. The van der Waals surface area contributed by atoms with Crippen LogP contribution in [0.5, 0.6) is 0 Å². The van der Waals surface area contributed by atoms with E-state index >= 15 is 0 Å². The molecule has 0 radical (unpaired) electrons. The first kappa shape index (κ1) is 44.0. The summed E-state index contributed by atoms with van der Waals surface area (Å²) in [7, 11) is 0. The topological polar surface area (TPSA) is 107 Å². The summed E-state index contributed by atoms with van der Waals surface area (Å²) in [5, 5.41) is 17.4. The first-order chi connectivity index (χ1) is 23.5. The van der Waals surface area contributed by atoms with E-state index in [1.165, 1.54) is 57.8 Å². The molecule has 1 atom stereocenters. The lowest BCUT2D eigenvalue weighted by molar-refractivity contribution is -0.150. The third kappa shape index (κ3) is 25.9. The van der Waals surface area contributed by atoms with Gasteiger partial charge in [0.05, 0.1) is 19.4 Å². The number of rotatable bonds is 35. The minimum absolute atomic E-state index is 0.00892. The van der Waals surface area contributed by atoms with Gasteiger partial charge in [-0.05, 0) is 77.4 Å². The zero-order valence-corrected chi connectivity index (χ0v) is 31.4. The van der Waals surface area contributed by atoms with Crippen LogP contribution in [-0.2, 0) is 32.2 Å². The second kappa shape index (κ2) is 32.2. The molecule has 9 nitrogen and oxygen atoms in total. The van der Waals surface area contributed by atoms with Crippen LogP contribution in [0.4, 0.5) is 0 Å². The number of carbonyl (C=O) groups is 2. The van der Waals surface area contributed by atoms with Gasteiger partial charge >= 0.3 is 11.9 Å². The number of aliphatic hydroxyl groups excluding tert-OH is 1. The minimum Gasteiger partial charge on any atom is -0.466 e. The summed E-state index contributed by atoms with van der Waals surface area (Å²) in [6.45, 7) is 11.1. The van der Waals surface area contributed by atoms with Crippen molar-refractivity contribution in [2.24, 2.45) is 0 Å². The molecule has 1 aromatic heterocycles. The van der Waals surface area contributed by atoms with Crippen LogP contribution in [-0.4, -0.2) is 69.3 Å². The molecule has 1 heterocycles. The number of hydrogen-bond donors (Lipinski definition) is 1. The molecule has 280 valence electrons. The zero-order chi connectivity index (χ0) is 34.9. The summed E-state index contributed by atoms with van der Waals surface area (Å²) < 4.78 is 13.1. The number of aryl methyl sites for hydroxylation is 1. The zero-order valence-electron chi connectivity index (χ0n) is 31.4. The van der Waals surface area contributed by atoms with E-state index in [1.807, 2.05) is 10.9 Å². The fourth-order valence-corrected chi connectivity index (χ4v) is 6.11. The van der Waals surface area contributed by atoms with Crippen molar-refractivity contribution in [3.63, 3.8) is 0 Å². The van der Waals surface area contributed by atoms with Crippen LogP contribution in [0.2, 0.25) is 0 Å². The third-order valence-electron chi connectivity index (χ3n) is 9.14. The number of aromatic nitrogens is 3. The maximum Gasteiger partial charge on any atom is 0.306 e. The molecular formula is C39H74N4O5. The van der Waals surface area contributed by atoms with Gasteiger partial charge in [-0.3, -0.25) is 14.3 Å². The number of carbonyl (C=O) groups excluding carboxylic acids is 2. The lowest BCUT2D eigenvalue weighted by Gasteiger charge is -2.22. The Bertz CT molecular complexity index is 880. The van der Waals surface area contributed by atoms with Crippen LogP contribution in [0.1, 0.15) is 187 Å². The number of hydrogen-bond acceptors (Lipinski definition) is 8. The molecule has 0 aliphatic rings. The van der Waals surface area contributed by atoms with Crippen molar-refractivity contribution in [2.45, 2.75) is 201 Å². The number of aliphatic hydroxyl groups is 1. The summed E-state index contributed by atoms with van der Waals surface area (Å²) in [5.74, 6) is -0.0469. The second-order valence-corrected chi connectivity index (χ2v) is 13.7. The van der Waals surface area contributed by atoms with Crippen LogP contribution in [0.3, 0.4) is 0 Å². The fraction of sp³-hybridized carbons (Fsp3) is 0.897. The molecule has 0 aliphatic carbocycles. The van der Waals surface area contributed by atoms with Crippen LogP contribution >= 0.6 is 0 Å². The summed E-state index contributed by atoms with van der Waals surface area (Å²) >= 11 is 0. The van der Waals surface area contributed by atoms with E-state index in [0.29, 0.717) is 25.1 Å². The first-order valence-electron chi connectivity index (χ1n) is 20.1. The molecular weight excluding hydrogens is 604 g/mol. The maximum absolute atomic E-state index is 12.5. The standard InChI is InChI=1S/C39H74N4O5/c1-4-7-10-17-23-33-47-38(45)27-19-13-11-15-21-29-42(31-24-32-43-34-36(35-44)40-41-43)30-22-16-12-14-20-28-39(46)48-37(25-9-6-3)26-18-8-5-2/h34,37,44H,4-33,35H2,1-3H3. The number of unbranched alkanes of at least 4 members (excludes halogenated alkanes) is 15. The lowest BCUT2D eigenvalue weighted by atomic mass is 10.1. The van der Waals surface area contributed by atoms with Gasteiger partial charge in [0.25, 0.3) is 0 Å². The van der Waals surface area contributed by atoms with Crippen LogP contribution in [0, 0.1) is 0 Å². The summed E-state index contributed by atoms with van der Waals surface area (Å²) in [4.78, 5) is 27.0. The number of nitrogens with zero attached hydrogens (tertiary/aromatic N) is 4. The van der Waals surface area contributed by atoms with Gasteiger partial charge in [-0.15, -0.1) is 5.10 Å². The normalized spacial score (nSPS) is 12.1. The summed E-state index contributed by atoms with van der Waals surface area (Å²) in [6.07, 6.45) is 28.7. The average molecular weight is 679 g/mol. The van der Waals surface area contributed by atoms with Crippen LogP contribution in [0.15, 0.2) is 6.20 Å². The molecule has 1 N–H and O–H groups in total. The SMILES string of the molecule is CCCCCCCOC(=O)CCCCCCCN(CCCCCCCC(=O)OC(CCCC)CCCCC)CCCn1cc(CO)nn1. The Morgan fingerprint density at radius 2 is 1.23 bits per heavy atom. The Morgan fingerprint density at radius 1 is 0.688 bits per heavy atom. The molecule has 48 heavy (non-hydrogen) atoms.